The van der Waals surface area contributed by atoms with Gasteiger partial charge in [-0.1, -0.05) is 11.6 Å². The summed E-state index contributed by atoms with van der Waals surface area (Å²) in [5.41, 5.74) is -1.65. The zero-order valence-electron chi connectivity index (χ0n) is 18.9. The molecule has 0 radical (unpaired) electrons. The summed E-state index contributed by atoms with van der Waals surface area (Å²) in [4.78, 5) is 35.4. The summed E-state index contributed by atoms with van der Waals surface area (Å²) in [7, 11) is -4.82. The van der Waals surface area contributed by atoms with Crippen molar-refractivity contribution in [2.75, 3.05) is 6.79 Å². The van der Waals surface area contributed by atoms with Gasteiger partial charge in [0.1, 0.15) is 11.6 Å². The van der Waals surface area contributed by atoms with Gasteiger partial charge in [0.2, 0.25) is 12.7 Å². The molecule has 0 aliphatic carbocycles. The lowest BCUT2D eigenvalue weighted by Crippen LogP contribution is -2.26. The van der Waals surface area contributed by atoms with Crippen LogP contribution in [0.4, 0.5) is 13.6 Å². The second kappa shape index (κ2) is 11.9. The fraction of sp³-hybridized carbons (Fsp3) is 0.217. The summed E-state index contributed by atoms with van der Waals surface area (Å²) >= 11 is 7.29. The highest BCUT2D eigenvalue weighted by Crippen LogP contribution is 2.58. The van der Waals surface area contributed by atoms with Crippen LogP contribution in [-0.4, -0.2) is 29.9 Å². The number of rotatable bonds is 9. The summed E-state index contributed by atoms with van der Waals surface area (Å²) in [5, 5.41) is 4.61. The Kier molecular flexibility index (Phi) is 9.21. The van der Waals surface area contributed by atoms with Crippen LogP contribution in [0.3, 0.4) is 0 Å². The van der Waals surface area contributed by atoms with Gasteiger partial charge in [0.25, 0.3) is 0 Å². The minimum atomic E-state index is -4.82. The lowest BCUT2D eigenvalue weighted by molar-refractivity contribution is -0.120. The molecule has 2 atom stereocenters. The maximum Gasteiger partial charge on any atom is 0.510 e. The third-order valence-corrected chi connectivity index (χ3v) is 7.49. The van der Waals surface area contributed by atoms with Gasteiger partial charge >= 0.3 is 13.8 Å². The number of halogens is 3. The Labute approximate surface area is 214 Å². The Hall–Kier alpha value is -2.82. The zero-order chi connectivity index (χ0) is 26.5. The van der Waals surface area contributed by atoms with Crippen LogP contribution in [0.5, 0.6) is 0 Å². The Balaban J connectivity index is 1.87. The standard InChI is InChI=1S/C23H21ClF2NO7PS/c1-13(2)34-23(29)32-12-33-35(30,31)21(18-11-36-20-6-4-15(24)9-17(18)20)22(28)27-8-7-14-3-5-16(25)10-19(14)26/h3-11,13,21H,12H2,1-2H3,(H,27,28)(H,30,31). The van der Waals surface area contributed by atoms with Crippen molar-refractivity contribution in [3.63, 3.8) is 0 Å². The summed E-state index contributed by atoms with van der Waals surface area (Å²) < 4.78 is 55.2. The van der Waals surface area contributed by atoms with Crippen LogP contribution in [0.25, 0.3) is 16.2 Å². The van der Waals surface area contributed by atoms with Crippen molar-refractivity contribution in [1.29, 1.82) is 0 Å². The van der Waals surface area contributed by atoms with E-state index in [9.17, 15) is 27.8 Å². The number of hydrogen-bond donors (Lipinski definition) is 2. The highest BCUT2D eigenvalue weighted by molar-refractivity contribution is 7.54. The van der Waals surface area contributed by atoms with E-state index in [0.717, 1.165) is 24.4 Å². The van der Waals surface area contributed by atoms with Crippen molar-refractivity contribution in [2.45, 2.75) is 25.6 Å². The SMILES string of the molecule is CC(C)OC(=O)OCOP(=O)(O)C(C(=O)NC=Cc1ccc(F)cc1F)c1csc2ccc(Cl)cc12. The van der Waals surface area contributed by atoms with Crippen LogP contribution < -0.4 is 5.32 Å². The Morgan fingerprint density at radius 2 is 1.97 bits per heavy atom. The maximum atomic E-state index is 13.9. The van der Waals surface area contributed by atoms with E-state index in [-0.39, 0.29) is 11.1 Å². The van der Waals surface area contributed by atoms with E-state index in [1.807, 2.05) is 0 Å². The van der Waals surface area contributed by atoms with Gasteiger partial charge in [0, 0.05) is 27.6 Å². The Morgan fingerprint density at radius 1 is 1.22 bits per heavy atom. The number of fused-ring (bicyclic) bond motifs is 1. The predicted molar refractivity (Wildman–Crippen MR) is 132 cm³/mol. The quantitative estimate of drug-likeness (QED) is 0.178. The van der Waals surface area contributed by atoms with Crippen LogP contribution in [-0.2, 0) is 23.4 Å². The predicted octanol–water partition coefficient (Wildman–Crippen LogP) is 6.38. The second-order valence-electron chi connectivity index (χ2n) is 7.61. The number of carbonyl (C=O) groups is 2. The van der Waals surface area contributed by atoms with E-state index in [2.05, 4.69) is 10.1 Å². The molecule has 0 spiro atoms. The van der Waals surface area contributed by atoms with Crippen molar-refractivity contribution in [3.05, 3.63) is 75.8 Å². The third-order valence-electron chi connectivity index (χ3n) is 4.63. The van der Waals surface area contributed by atoms with E-state index >= 15 is 0 Å². The number of hydrogen-bond acceptors (Lipinski definition) is 7. The normalized spacial score (nSPS) is 14.1. The number of amides is 1. The minimum Gasteiger partial charge on any atom is -0.432 e. The summed E-state index contributed by atoms with van der Waals surface area (Å²) in [5.74, 6) is -2.60. The molecule has 0 saturated heterocycles. The first-order valence-electron chi connectivity index (χ1n) is 10.4. The maximum absolute atomic E-state index is 13.9. The van der Waals surface area contributed by atoms with Crippen molar-refractivity contribution in [1.82, 2.24) is 5.32 Å². The van der Waals surface area contributed by atoms with Gasteiger partial charge < -0.3 is 19.7 Å². The van der Waals surface area contributed by atoms with Gasteiger partial charge in [0.15, 0.2) is 5.66 Å². The minimum absolute atomic E-state index is 0.0264. The average molecular weight is 560 g/mol. The molecule has 3 aromatic rings. The summed E-state index contributed by atoms with van der Waals surface area (Å²) in [6.07, 6.45) is 0.587. The molecule has 1 aromatic heterocycles. The monoisotopic (exact) mass is 559 g/mol. The molecule has 0 bridgehead atoms. The van der Waals surface area contributed by atoms with Crippen molar-refractivity contribution >= 4 is 58.8 Å². The topological polar surface area (TPSA) is 111 Å². The van der Waals surface area contributed by atoms with E-state index in [1.165, 1.54) is 22.8 Å². The molecule has 13 heteroatoms. The molecule has 1 amide bonds. The van der Waals surface area contributed by atoms with Gasteiger partial charge in [-0.25, -0.2) is 13.6 Å². The van der Waals surface area contributed by atoms with Crippen molar-refractivity contribution < 1.29 is 41.8 Å². The van der Waals surface area contributed by atoms with Gasteiger partial charge in [0.05, 0.1) is 6.10 Å². The molecule has 0 aliphatic rings. The fourth-order valence-electron chi connectivity index (χ4n) is 3.08. The number of ether oxygens (including phenoxy) is 2. The largest absolute Gasteiger partial charge is 0.510 e. The van der Waals surface area contributed by atoms with E-state index in [1.54, 1.807) is 26.0 Å². The lowest BCUT2D eigenvalue weighted by atomic mass is 10.1. The molecular weight excluding hydrogens is 539 g/mol. The summed E-state index contributed by atoms with van der Waals surface area (Å²) in [6.45, 7) is 2.21. The first kappa shape index (κ1) is 27.8. The van der Waals surface area contributed by atoms with Gasteiger partial charge in [-0.15, -0.1) is 11.3 Å². The lowest BCUT2D eigenvalue weighted by Gasteiger charge is -2.21. The van der Waals surface area contributed by atoms with Gasteiger partial charge in [-0.2, -0.15) is 0 Å². The molecule has 8 nitrogen and oxygen atoms in total. The molecule has 2 aromatic carbocycles. The van der Waals surface area contributed by atoms with Crippen LogP contribution >= 0.6 is 30.5 Å². The van der Waals surface area contributed by atoms with E-state index in [4.69, 9.17) is 20.9 Å². The molecular formula is C23H21ClF2NO7PS. The van der Waals surface area contributed by atoms with Crippen LogP contribution in [0.15, 0.2) is 48.0 Å². The Morgan fingerprint density at radius 3 is 2.67 bits per heavy atom. The molecule has 0 saturated carbocycles. The Bertz CT molecular complexity index is 1350. The highest BCUT2D eigenvalue weighted by Gasteiger charge is 2.41. The van der Waals surface area contributed by atoms with E-state index in [0.29, 0.717) is 21.2 Å². The number of thiophene rings is 1. The number of nitrogens with one attached hydrogen (secondary N) is 1. The van der Waals surface area contributed by atoms with Crippen LogP contribution in [0.1, 0.15) is 30.6 Å². The number of carbonyl (C=O) groups excluding carboxylic acids is 2. The molecule has 0 fully saturated rings. The van der Waals surface area contributed by atoms with Crippen molar-refractivity contribution in [3.8, 4) is 0 Å². The van der Waals surface area contributed by atoms with Gasteiger partial charge in [-0.05, 0) is 66.6 Å². The molecule has 1 heterocycles. The molecule has 2 unspecified atom stereocenters. The molecule has 36 heavy (non-hydrogen) atoms. The smallest absolute Gasteiger partial charge is 0.432 e. The fourth-order valence-corrected chi connectivity index (χ4v) is 5.61. The van der Waals surface area contributed by atoms with E-state index < -0.39 is 49.8 Å². The van der Waals surface area contributed by atoms with Gasteiger partial charge in [-0.3, -0.25) is 13.9 Å². The van der Waals surface area contributed by atoms with Crippen LogP contribution in [0.2, 0.25) is 5.02 Å². The third kappa shape index (κ3) is 7.11. The summed E-state index contributed by atoms with van der Waals surface area (Å²) in [6, 6.07) is 7.71. The van der Waals surface area contributed by atoms with Crippen LogP contribution in [0, 0.1) is 11.6 Å². The first-order valence-corrected chi connectivity index (χ1v) is 13.3. The second-order valence-corrected chi connectivity index (χ2v) is 10.9. The first-order chi connectivity index (χ1) is 17.0. The molecule has 0 aliphatic heterocycles. The molecule has 3 rings (SSSR count). The average Bonchev–Trinajstić information content (AvgIpc) is 3.17. The van der Waals surface area contributed by atoms with Crippen molar-refractivity contribution in [2.24, 2.45) is 0 Å². The molecule has 2 N–H and O–H groups in total. The highest BCUT2D eigenvalue weighted by atomic mass is 35.5. The number of benzene rings is 2. The zero-order valence-corrected chi connectivity index (χ0v) is 21.4. The molecule has 192 valence electrons.